The summed E-state index contributed by atoms with van der Waals surface area (Å²) in [5.74, 6) is -0.624. The number of hydrogen-bond donors (Lipinski definition) is 2. The molecule has 5 nitrogen and oxygen atoms in total. The number of methoxy groups -OCH3 is 1. The SMILES string of the molecule is COC(=O)[C@H](N)Cc1ccc(C#N)c(O)c1. The lowest BCUT2D eigenvalue weighted by Gasteiger charge is -2.09. The molecule has 0 aliphatic heterocycles. The van der Waals surface area contributed by atoms with Crippen molar-refractivity contribution in [3.05, 3.63) is 29.3 Å². The Morgan fingerprint density at radius 2 is 2.38 bits per heavy atom. The largest absolute Gasteiger partial charge is 0.507 e. The summed E-state index contributed by atoms with van der Waals surface area (Å²) in [7, 11) is 1.26. The van der Waals surface area contributed by atoms with Crippen LogP contribution in [0, 0.1) is 11.3 Å². The number of ether oxygens (including phenoxy) is 1. The van der Waals surface area contributed by atoms with Gasteiger partial charge in [0.05, 0.1) is 12.7 Å². The number of carbonyl (C=O) groups excluding carboxylic acids is 1. The minimum absolute atomic E-state index is 0.114. The summed E-state index contributed by atoms with van der Waals surface area (Å²) in [4.78, 5) is 11.1. The van der Waals surface area contributed by atoms with E-state index < -0.39 is 12.0 Å². The molecule has 3 N–H and O–H groups in total. The molecule has 1 aromatic rings. The molecule has 0 fully saturated rings. The molecule has 1 atom stereocenters. The van der Waals surface area contributed by atoms with Crippen molar-refractivity contribution in [2.75, 3.05) is 7.11 Å². The van der Waals surface area contributed by atoms with Crippen LogP contribution in [0.4, 0.5) is 0 Å². The summed E-state index contributed by atoms with van der Waals surface area (Å²) >= 11 is 0. The number of phenols is 1. The van der Waals surface area contributed by atoms with Gasteiger partial charge in [-0.1, -0.05) is 6.07 Å². The number of aromatic hydroxyl groups is 1. The quantitative estimate of drug-likeness (QED) is 0.714. The zero-order valence-corrected chi connectivity index (χ0v) is 8.80. The average molecular weight is 220 g/mol. The third kappa shape index (κ3) is 2.72. The zero-order chi connectivity index (χ0) is 12.1. The van der Waals surface area contributed by atoms with Crippen molar-refractivity contribution in [1.82, 2.24) is 0 Å². The summed E-state index contributed by atoms with van der Waals surface area (Å²) in [6.07, 6.45) is 0.256. The number of esters is 1. The van der Waals surface area contributed by atoms with Crippen LogP contribution in [0.15, 0.2) is 18.2 Å². The lowest BCUT2D eigenvalue weighted by Crippen LogP contribution is -2.33. The standard InChI is InChI=1S/C11H12N2O3/c1-16-11(15)9(13)4-7-2-3-8(6-12)10(14)5-7/h2-3,5,9,14H,4,13H2,1H3/t9-/m1/s1. The molecule has 0 aromatic heterocycles. The second kappa shape index (κ2) is 5.14. The lowest BCUT2D eigenvalue weighted by molar-refractivity contribution is -0.142. The van der Waals surface area contributed by atoms with Crippen LogP contribution in [0.1, 0.15) is 11.1 Å². The van der Waals surface area contributed by atoms with Gasteiger partial charge in [0.1, 0.15) is 17.9 Å². The van der Waals surface area contributed by atoms with Crippen LogP contribution in [0.5, 0.6) is 5.75 Å². The van der Waals surface area contributed by atoms with Gasteiger partial charge >= 0.3 is 5.97 Å². The van der Waals surface area contributed by atoms with Crippen molar-refractivity contribution < 1.29 is 14.6 Å². The van der Waals surface area contributed by atoms with E-state index in [2.05, 4.69) is 4.74 Å². The summed E-state index contributed by atoms with van der Waals surface area (Å²) in [6, 6.07) is 5.61. The average Bonchev–Trinajstić information content (AvgIpc) is 2.28. The van der Waals surface area contributed by atoms with Crippen molar-refractivity contribution in [2.24, 2.45) is 5.73 Å². The van der Waals surface area contributed by atoms with Crippen molar-refractivity contribution in [3.8, 4) is 11.8 Å². The minimum Gasteiger partial charge on any atom is -0.507 e. The molecule has 0 aliphatic rings. The molecule has 16 heavy (non-hydrogen) atoms. The van der Waals surface area contributed by atoms with E-state index in [-0.39, 0.29) is 17.7 Å². The van der Waals surface area contributed by atoms with Gasteiger partial charge in [0.15, 0.2) is 0 Å². The molecular weight excluding hydrogens is 208 g/mol. The summed E-state index contributed by atoms with van der Waals surface area (Å²) in [5.41, 5.74) is 6.42. The van der Waals surface area contributed by atoms with E-state index >= 15 is 0 Å². The first-order valence-corrected chi connectivity index (χ1v) is 4.64. The van der Waals surface area contributed by atoms with E-state index in [4.69, 9.17) is 11.0 Å². The molecule has 84 valence electrons. The van der Waals surface area contributed by atoms with Gasteiger partial charge < -0.3 is 15.6 Å². The number of hydrogen-bond acceptors (Lipinski definition) is 5. The molecule has 1 aromatic carbocycles. The number of rotatable bonds is 3. The second-order valence-corrected chi connectivity index (χ2v) is 3.30. The van der Waals surface area contributed by atoms with Crippen LogP contribution in [0.2, 0.25) is 0 Å². The van der Waals surface area contributed by atoms with Gasteiger partial charge in [0, 0.05) is 0 Å². The topological polar surface area (TPSA) is 96.3 Å². The number of carbonyl (C=O) groups is 1. The fourth-order valence-electron chi connectivity index (χ4n) is 1.29. The van der Waals surface area contributed by atoms with Crippen molar-refractivity contribution >= 4 is 5.97 Å². The Kier molecular flexibility index (Phi) is 3.86. The van der Waals surface area contributed by atoms with E-state index in [1.165, 1.54) is 19.2 Å². The lowest BCUT2D eigenvalue weighted by atomic mass is 10.0. The van der Waals surface area contributed by atoms with Gasteiger partial charge in [-0.15, -0.1) is 0 Å². The Morgan fingerprint density at radius 1 is 1.69 bits per heavy atom. The van der Waals surface area contributed by atoms with Gasteiger partial charge in [-0.05, 0) is 24.1 Å². The molecule has 1 rings (SSSR count). The highest BCUT2D eigenvalue weighted by Crippen LogP contribution is 2.18. The Hall–Kier alpha value is -2.06. The number of phenolic OH excluding ortho intramolecular Hbond substituents is 1. The molecule has 0 heterocycles. The van der Waals surface area contributed by atoms with Gasteiger partial charge in [0.2, 0.25) is 0 Å². The van der Waals surface area contributed by atoms with Gasteiger partial charge in [0.25, 0.3) is 0 Å². The fourth-order valence-corrected chi connectivity index (χ4v) is 1.29. The molecule has 0 unspecified atom stereocenters. The predicted octanol–water partition coefficient (Wildman–Crippen LogP) is 0.307. The zero-order valence-electron chi connectivity index (χ0n) is 8.80. The fraction of sp³-hybridized carbons (Fsp3) is 0.273. The Morgan fingerprint density at radius 3 is 2.88 bits per heavy atom. The maximum absolute atomic E-state index is 11.1. The Balaban J connectivity index is 2.80. The summed E-state index contributed by atoms with van der Waals surface area (Å²) in [6.45, 7) is 0. The first kappa shape index (κ1) is 12.0. The van der Waals surface area contributed by atoms with Crippen LogP contribution < -0.4 is 5.73 Å². The van der Waals surface area contributed by atoms with E-state index in [1.807, 2.05) is 6.07 Å². The van der Waals surface area contributed by atoms with E-state index in [0.29, 0.717) is 5.56 Å². The van der Waals surface area contributed by atoms with E-state index in [1.54, 1.807) is 6.07 Å². The Bertz CT molecular complexity index is 437. The molecule has 0 amide bonds. The van der Waals surface area contributed by atoms with Crippen molar-refractivity contribution in [3.63, 3.8) is 0 Å². The van der Waals surface area contributed by atoms with Crippen LogP contribution >= 0.6 is 0 Å². The minimum atomic E-state index is -0.766. The van der Waals surface area contributed by atoms with Gasteiger partial charge in [-0.25, -0.2) is 0 Å². The number of nitriles is 1. The highest BCUT2D eigenvalue weighted by molar-refractivity contribution is 5.75. The third-order valence-corrected chi connectivity index (χ3v) is 2.14. The van der Waals surface area contributed by atoms with Crippen molar-refractivity contribution in [1.29, 1.82) is 5.26 Å². The molecule has 0 spiro atoms. The van der Waals surface area contributed by atoms with Gasteiger partial charge in [-0.3, -0.25) is 4.79 Å². The van der Waals surface area contributed by atoms with Crippen LogP contribution in [0.25, 0.3) is 0 Å². The highest BCUT2D eigenvalue weighted by atomic mass is 16.5. The number of nitrogens with two attached hydrogens (primary N) is 1. The number of nitrogens with zero attached hydrogens (tertiary/aromatic N) is 1. The molecule has 0 aliphatic carbocycles. The van der Waals surface area contributed by atoms with Crippen LogP contribution in [-0.2, 0) is 16.0 Å². The summed E-state index contributed by atoms with van der Waals surface area (Å²) in [5, 5.41) is 18.0. The normalized spacial score (nSPS) is 11.6. The molecule has 0 saturated heterocycles. The van der Waals surface area contributed by atoms with Crippen LogP contribution in [-0.4, -0.2) is 24.2 Å². The molecule has 5 heteroatoms. The van der Waals surface area contributed by atoms with E-state index in [9.17, 15) is 9.90 Å². The predicted molar refractivity (Wildman–Crippen MR) is 56.5 cm³/mol. The van der Waals surface area contributed by atoms with Gasteiger partial charge in [-0.2, -0.15) is 5.26 Å². The Labute approximate surface area is 93.1 Å². The first-order valence-electron chi connectivity index (χ1n) is 4.64. The monoisotopic (exact) mass is 220 g/mol. The van der Waals surface area contributed by atoms with Crippen molar-refractivity contribution in [2.45, 2.75) is 12.5 Å². The maximum atomic E-state index is 11.1. The number of benzene rings is 1. The molecular formula is C11H12N2O3. The molecule has 0 saturated carbocycles. The second-order valence-electron chi connectivity index (χ2n) is 3.30. The molecule has 0 radical (unpaired) electrons. The van der Waals surface area contributed by atoms with E-state index in [0.717, 1.165) is 0 Å². The maximum Gasteiger partial charge on any atom is 0.322 e. The third-order valence-electron chi connectivity index (χ3n) is 2.14. The summed E-state index contributed by atoms with van der Waals surface area (Å²) < 4.78 is 4.48. The smallest absolute Gasteiger partial charge is 0.322 e. The van der Waals surface area contributed by atoms with Crippen LogP contribution in [0.3, 0.4) is 0 Å². The highest BCUT2D eigenvalue weighted by Gasteiger charge is 2.14. The molecule has 0 bridgehead atoms. The first-order chi connectivity index (χ1) is 7.58.